The maximum Gasteiger partial charge on any atom is 0.472 e. The van der Waals surface area contributed by atoms with Crippen LogP contribution in [-0.4, -0.2) is 98.9 Å². The van der Waals surface area contributed by atoms with E-state index in [-0.39, 0.29) is 13.0 Å². The second-order valence-electron chi connectivity index (χ2n) is 14.1. The van der Waals surface area contributed by atoms with Crippen LogP contribution < -0.4 is 0 Å². The third-order valence-corrected chi connectivity index (χ3v) is 10.1. The smallest absolute Gasteiger partial charge is 0.457 e. The number of phosphoric acid groups is 1. The Hall–Kier alpha value is -1.96. The fraction of sp³-hybridized carbons (Fsp3) is 0.738. The highest BCUT2D eigenvalue weighted by atomic mass is 31.2. The van der Waals surface area contributed by atoms with Crippen LogP contribution in [0.2, 0.25) is 0 Å². The van der Waals surface area contributed by atoms with E-state index in [1.807, 2.05) is 0 Å². The molecule has 1 saturated carbocycles. The Morgan fingerprint density at radius 1 is 0.600 bits per heavy atom. The average molecular weight is 801 g/mol. The first kappa shape index (κ1) is 51.1. The molecule has 0 aliphatic heterocycles. The molecule has 6 unspecified atom stereocenters. The number of phosphoric ester groups is 1. The standard InChI is InChI=1S/C42H73O12P/c1-3-5-7-9-11-13-15-17-18-19-20-22-24-26-28-30-32-51-33-35(53-36(43)31-29-27-25-23-21-16-14-12-10-8-6-4-2)34-52-55(49,50)54-42-40(47)38(45)37(44)39(46)41(42)48/h5,7,11-14,17-18,20,22,35,37-42,44-48H,3-4,6,8-10,15-16,19,21,23-34H2,1-2H3,(H,49,50)/b7-5-,13-11-,14-12-,18-17-,22-20-. The van der Waals surface area contributed by atoms with E-state index in [0.717, 1.165) is 89.9 Å². The molecule has 0 saturated heterocycles. The SMILES string of the molecule is CC/C=C\C/C=C\C/C=C\C/C=C\CCCCCOCC(COP(=O)(O)OC1C(O)C(O)C(O)C(O)C1O)OC(=O)CCCCCCC/C=C\CCCCC. The molecule has 0 aromatic heterocycles. The number of esters is 1. The Morgan fingerprint density at radius 3 is 1.65 bits per heavy atom. The van der Waals surface area contributed by atoms with Crippen LogP contribution in [0, 0.1) is 0 Å². The van der Waals surface area contributed by atoms with E-state index in [2.05, 4.69) is 74.6 Å². The summed E-state index contributed by atoms with van der Waals surface area (Å²) >= 11 is 0. The van der Waals surface area contributed by atoms with Crippen molar-refractivity contribution in [2.75, 3.05) is 19.8 Å². The molecule has 1 rings (SSSR count). The maximum atomic E-state index is 12.8. The van der Waals surface area contributed by atoms with Crippen LogP contribution in [0.5, 0.6) is 0 Å². The lowest BCUT2D eigenvalue weighted by atomic mass is 9.85. The molecule has 1 aliphatic rings. The minimum Gasteiger partial charge on any atom is -0.457 e. The van der Waals surface area contributed by atoms with Gasteiger partial charge in [-0.25, -0.2) is 4.57 Å². The van der Waals surface area contributed by atoms with E-state index in [1.165, 1.54) is 19.3 Å². The van der Waals surface area contributed by atoms with E-state index in [4.69, 9.17) is 18.5 Å². The monoisotopic (exact) mass is 800 g/mol. The average Bonchev–Trinajstić information content (AvgIpc) is 3.17. The first-order valence-corrected chi connectivity index (χ1v) is 22.1. The van der Waals surface area contributed by atoms with E-state index in [1.54, 1.807) is 0 Å². The maximum absolute atomic E-state index is 12.8. The molecule has 55 heavy (non-hydrogen) atoms. The van der Waals surface area contributed by atoms with Gasteiger partial charge in [-0.1, -0.05) is 113 Å². The number of hydrogen-bond donors (Lipinski definition) is 6. The first-order valence-electron chi connectivity index (χ1n) is 20.6. The fourth-order valence-corrected chi connectivity index (χ4v) is 6.78. The van der Waals surface area contributed by atoms with Gasteiger partial charge in [0, 0.05) is 13.0 Å². The number of carbonyl (C=O) groups is 1. The van der Waals surface area contributed by atoms with Gasteiger partial charge in [0.05, 0.1) is 13.2 Å². The molecule has 0 spiro atoms. The van der Waals surface area contributed by atoms with Gasteiger partial charge in [-0.15, -0.1) is 0 Å². The van der Waals surface area contributed by atoms with Crippen molar-refractivity contribution >= 4 is 13.8 Å². The number of carbonyl (C=O) groups excluding carboxylic acids is 1. The molecule has 318 valence electrons. The molecule has 1 aliphatic carbocycles. The number of rotatable bonds is 33. The van der Waals surface area contributed by atoms with Gasteiger partial charge in [-0.05, 0) is 77.0 Å². The molecule has 0 bridgehead atoms. The van der Waals surface area contributed by atoms with Gasteiger partial charge in [0.2, 0.25) is 0 Å². The van der Waals surface area contributed by atoms with Crippen molar-refractivity contribution in [3.63, 3.8) is 0 Å². The van der Waals surface area contributed by atoms with Gasteiger partial charge in [0.25, 0.3) is 0 Å². The predicted octanol–water partition coefficient (Wildman–Crippen LogP) is 7.47. The van der Waals surface area contributed by atoms with E-state index in [0.29, 0.717) is 13.0 Å². The molecule has 0 radical (unpaired) electrons. The van der Waals surface area contributed by atoms with Gasteiger partial charge in [-0.2, -0.15) is 0 Å². The zero-order chi connectivity index (χ0) is 40.6. The number of allylic oxidation sites excluding steroid dienone is 10. The number of hydrogen-bond acceptors (Lipinski definition) is 11. The van der Waals surface area contributed by atoms with Gasteiger partial charge < -0.3 is 39.9 Å². The minimum absolute atomic E-state index is 0.104. The molecular formula is C42H73O12P. The van der Waals surface area contributed by atoms with Gasteiger partial charge in [0.1, 0.15) is 42.7 Å². The van der Waals surface area contributed by atoms with Crippen LogP contribution in [0.3, 0.4) is 0 Å². The van der Waals surface area contributed by atoms with Gasteiger partial charge >= 0.3 is 13.8 Å². The van der Waals surface area contributed by atoms with E-state index in [9.17, 15) is 39.8 Å². The summed E-state index contributed by atoms with van der Waals surface area (Å²) in [5.74, 6) is -0.503. The summed E-state index contributed by atoms with van der Waals surface area (Å²) in [7, 11) is -5.03. The first-order chi connectivity index (χ1) is 26.5. The Labute approximate surface area is 330 Å². The lowest BCUT2D eigenvalue weighted by molar-refractivity contribution is -0.220. The summed E-state index contributed by atoms with van der Waals surface area (Å²) in [5, 5.41) is 50.0. The van der Waals surface area contributed by atoms with Crippen molar-refractivity contribution in [1.29, 1.82) is 0 Å². The molecule has 0 amide bonds. The summed E-state index contributed by atoms with van der Waals surface area (Å²) in [6, 6.07) is 0. The number of unbranched alkanes of at least 4 members (excludes halogenated alkanes) is 11. The molecule has 0 heterocycles. The number of aliphatic hydroxyl groups is 5. The molecule has 6 atom stereocenters. The zero-order valence-corrected chi connectivity index (χ0v) is 34.3. The van der Waals surface area contributed by atoms with Crippen LogP contribution in [0.1, 0.15) is 136 Å². The molecular weight excluding hydrogens is 727 g/mol. The Morgan fingerprint density at radius 2 is 1.07 bits per heavy atom. The lowest BCUT2D eigenvalue weighted by Crippen LogP contribution is -2.64. The van der Waals surface area contributed by atoms with Crippen LogP contribution in [0.4, 0.5) is 0 Å². The predicted molar refractivity (Wildman–Crippen MR) is 216 cm³/mol. The summed E-state index contributed by atoms with van der Waals surface area (Å²) < 4.78 is 34.0. The Balaban J connectivity index is 2.49. The highest BCUT2D eigenvalue weighted by Crippen LogP contribution is 2.47. The quantitative estimate of drug-likeness (QED) is 0.0166. The summed E-state index contributed by atoms with van der Waals surface area (Å²) in [5.41, 5.74) is 0. The third-order valence-electron chi connectivity index (χ3n) is 9.12. The van der Waals surface area contributed by atoms with Crippen molar-refractivity contribution in [2.24, 2.45) is 0 Å². The Kier molecular flexibility index (Phi) is 30.7. The second-order valence-corrected chi connectivity index (χ2v) is 15.5. The molecule has 13 heteroatoms. The topological polar surface area (TPSA) is 192 Å². The van der Waals surface area contributed by atoms with Gasteiger partial charge in [0.15, 0.2) is 0 Å². The number of ether oxygens (including phenoxy) is 2. The Bertz CT molecular complexity index is 1140. The van der Waals surface area contributed by atoms with Crippen LogP contribution in [0.15, 0.2) is 60.8 Å². The third kappa shape index (κ3) is 25.8. The molecule has 1 fully saturated rings. The highest BCUT2D eigenvalue weighted by Gasteiger charge is 2.51. The van der Waals surface area contributed by atoms with Crippen LogP contribution in [0.25, 0.3) is 0 Å². The summed E-state index contributed by atoms with van der Waals surface area (Å²) in [4.78, 5) is 23.0. The van der Waals surface area contributed by atoms with Gasteiger partial charge in [-0.3, -0.25) is 13.8 Å². The lowest BCUT2D eigenvalue weighted by Gasteiger charge is -2.41. The normalized spacial score (nSPS) is 23.9. The minimum atomic E-state index is -5.03. The fourth-order valence-electron chi connectivity index (χ4n) is 5.81. The van der Waals surface area contributed by atoms with Crippen molar-refractivity contribution in [1.82, 2.24) is 0 Å². The highest BCUT2D eigenvalue weighted by molar-refractivity contribution is 7.47. The molecule has 12 nitrogen and oxygen atoms in total. The largest absolute Gasteiger partial charge is 0.472 e. The van der Waals surface area contributed by atoms with Crippen molar-refractivity contribution in [3.8, 4) is 0 Å². The second kappa shape index (κ2) is 33.1. The molecule has 6 N–H and O–H groups in total. The van der Waals surface area contributed by atoms with Crippen molar-refractivity contribution in [2.45, 2.75) is 179 Å². The summed E-state index contributed by atoms with van der Waals surface area (Å²) in [6.45, 7) is 4.00. The summed E-state index contributed by atoms with van der Waals surface area (Å²) in [6.07, 6.45) is 27.3. The van der Waals surface area contributed by atoms with Crippen LogP contribution >= 0.6 is 7.82 Å². The number of aliphatic hydroxyl groups excluding tert-OH is 5. The van der Waals surface area contributed by atoms with E-state index >= 15 is 0 Å². The molecule has 0 aromatic carbocycles. The van der Waals surface area contributed by atoms with Crippen molar-refractivity contribution < 1.29 is 58.3 Å². The van der Waals surface area contributed by atoms with Crippen LogP contribution in [-0.2, 0) is 27.9 Å². The van der Waals surface area contributed by atoms with E-state index < -0.39 is 63.1 Å². The molecule has 0 aromatic rings. The van der Waals surface area contributed by atoms with Crippen molar-refractivity contribution in [3.05, 3.63) is 60.8 Å². The zero-order valence-electron chi connectivity index (χ0n) is 33.5.